The molecule has 0 radical (unpaired) electrons. The summed E-state index contributed by atoms with van der Waals surface area (Å²) in [4.78, 5) is 35.6. The van der Waals surface area contributed by atoms with E-state index < -0.39 is 58.2 Å². The Hall–Kier alpha value is -1.11. The van der Waals surface area contributed by atoms with Gasteiger partial charge in [-0.3, -0.25) is 18.9 Å². The summed E-state index contributed by atoms with van der Waals surface area (Å²) >= 11 is 0. The molecule has 0 saturated carbocycles. The first-order valence-electron chi connectivity index (χ1n) is 9.39. The summed E-state index contributed by atoms with van der Waals surface area (Å²) in [6.07, 6.45) is -3.02. The van der Waals surface area contributed by atoms with Crippen LogP contribution in [-0.2, 0) is 27.7 Å². The largest absolute Gasteiger partial charge is 0.406 e. The molecule has 30 heavy (non-hydrogen) atoms. The van der Waals surface area contributed by atoms with E-state index >= 15 is 0 Å². The van der Waals surface area contributed by atoms with Crippen LogP contribution in [0.3, 0.4) is 0 Å². The van der Waals surface area contributed by atoms with E-state index in [0.29, 0.717) is 0 Å². The zero-order chi connectivity index (χ0) is 22.9. The molecule has 0 aromatic carbocycles. The number of methoxy groups -OCH3 is 1. The molecular formula is C17H31N2O9PSi. The SMILES string of the molecule is COC1C(O[Si](C)(C)C(C)(C)C)[C@@H](OCP(=O)(O)OC)O[C@H]1n1ccc(=O)[nH]c1=O. The summed E-state index contributed by atoms with van der Waals surface area (Å²) in [7, 11) is -3.79. The number of aromatic nitrogens is 2. The van der Waals surface area contributed by atoms with E-state index in [-0.39, 0.29) is 5.04 Å². The van der Waals surface area contributed by atoms with Crippen LogP contribution in [0.25, 0.3) is 0 Å². The average Bonchev–Trinajstić information content (AvgIpc) is 2.95. The molecule has 11 nitrogen and oxygen atoms in total. The minimum atomic E-state index is -3.98. The van der Waals surface area contributed by atoms with Gasteiger partial charge in [0.15, 0.2) is 27.2 Å². The van der Waals surface area contributed by atoms with Crippen LogP contribution >= 0.6 is 7.60 Å². The summed E-state index contributed by atoms with van der Waals surface area (Å²) in [6.45, 7) is 10.2. The van der Waals surface area contributed by atoms with Gasteiger partial charge in [-0.05, 0) is 18.1 Å². The molecule has 2 heterocycles. The fourth-order valence-corrected chi connectivity index (χ4v) is 4.43. The van der Waals surface area contributed by atoms with Crippen molar-refractivity contribution in [2.75, 3.05) is 20.6 Å². The van der Waals surface area contributed by atoms with Crippen LogP contribution in [0.4, 0.5) is 0 Å². The highest BCUT2D eigenvalue weighted by Gasteiger charge is 2.52. The summed E-state index contributed by atoms with van der Waals surface area (Å²) in [5, 5.41) is -0.151. The molecule has 0 amide bonds. The zero-order valence-electron chi connectivity index (χ0n) is 18.3. The second kappa shape index (κ2) is 9.17. The molecule has 5 atom stereocenters. The minimum Gasteiger partial charge on any atom is -0.406 e. The molecule has 13 heteroatoms. The van der Waals surface area contributed by atoms with E-state index in [9.17, 15) is 19.0 Å². The molecule has 1 fully saturated rings. The van der Waals surface area contributed by atoms with Crippen molar-refractivity contribution in [1.82, 2.24) is 9.55 Å². The van der Waals surface area contributed by atoms with Crippen molar-refractivity contribution in [1.29, 1.82) is 0 Å². The third-order valence-corrected chi connectivity index (χ3v) is 11.0. The van der Waals surface area contributed by atoms with Gasteiger partial charge < -0.3 is 28.1 Å². The monoisotopic (exact) mass is 466 g/mol. The van der Waals surface area contributed by atoms with Crippen molar-refractivity contribution < 1.29 is 32.6 Å². The van der Waals surface area contributed by atoms with Crippen LogP contribution in [0.1, 0.15) is 27.0 Å². The third kappa shape index (κ3) is 5.57. The van der Waals surface area contributed by atoms with Crippen molar-refractivity contribution in [3.05, 3.63) is 33.1 Å². The normalized spacial score (nSPS) is 27.2. The number of H-pyrrole nitrogens is 1. The van der Waals surface area contributed by atoms with Gasteiger partial charge in [0, 0.05) is 26.5 Å². The van der Waals surface area contributed by atoms with E-state index in [1.54, 1.807) is 0 Å². The van der Waals surface area contributed by atoms with Crippen LogP contribution < -0.4 is 11.2 Å². The van der Waals surface area contributed by atoms with E-state index in [0.717, 1.165) is 11.7 Å². The number of rotatable bonds is 8. The summed E-state index contributed by atoms with van der Waals surface area (Å²) in [6, 6.07) is 1.18. The molecular weight excluding hydrogens is 435 g/mol. The first-order valence-corrected chi connectivity index (χ1v) is 14.1. The maximum absolute atomic E-state index is 12.3. The fourth-order valence-electron chi connectivity index (χ4n) is 2.71. The van der Waals surface area contributed by atoms with Crippen molar-refractivity contribution >= 4 is 15.9 Å². The van der Waals surface area contributed by atoms with Crippen LogP contribution in [0.5, 0.6) is 0 Å². The average molecular weight is 467 g/mol. The van der Waals surface area contributed by atoms with Gasteiger partial charge in [-0.15, -0.1) is 0 Å². The minimum absolute atomic E-state index is 0.151. The molecule has 2 N–H and O–H groups in total. The molecule has 0 bridgehead atoms. The quantitative estimate of drug-likeness (QED) is 0.432. The molecule has 0 spiro atoms. The van der Waals surface area contributed by atoms with Crippen LogP contribution in [-0.4, -0.2) is 61.8 Å². The number of hydrogen-bond donors (Lipinski definition) is 2. The lowest BCUT2D eigenvalue weighted by Crippen LogP contribution is -2.50. The van der Waals surface area contributed by atoms with Crippen LogP contribution in [0.2, 0.25) is 18.1 Å². The Morgan fingerprint density at radius 1 is 1.27 bits per heavy atom. The maximum Gasteiger partial charge on any atom is 0.353 e. The Kier molecular flexibility index (Phi) is 7.69. The second-order valence-electron chi connectivity index (χ2n) is 8.57. The lowest BCUT2D eigenvalue weighted by molar-refractivity contribution is -0.166. The smallest absolute Gasteiger partial charge is 0.353 e. The van der Waals surface area contributed by atoms with Gasteiger partial charge in [0.25, 0.3) is 5.56 Å². The highest BCUT2D eigenvalue weighted by Crippen LogP contribution is 2.45. The first kappa shape index (κ1) is 25.2. The van der Waals surface area contributed by atoms with E-state index in [4.69, 9.17) is 18.6 Å². The highest BCUT2D eigenvalue weighted by atomic mass is 31.2. The Bertz CT molecular complexity index is 894. The zero-order valence-corrected chi connectivity index (χ0v) is 20.2. The van der Waals surface area contributed by atoms with Gasteiger partial charge in [-0.1, -0.05) is 20.8 Å². The molecule has 3 unspecified atom stereocenters. The first-order chi connectivity index (χ1) is 13.7. The van der Waals surface area contributed by atoms with E-state index in [2.05, 4.69) is 30.3 Å². The Morgan fingerprint density at radius 2 is 1.90 bits per heavy atom. The van der Waals surface area contributed by atoms with Gasteiger partial charge in [0.2, 0.25) is 0 Å². The topological polar surface area (TPSA) is 138 Å². The maximum atomic E-state index is 12.3. The summed E-state index contributed by atoms with van der Waals surface area (Å²) < 4.78 is 41.1. The molecule has 1 aromatic rings. The molecule has 0 aliphatic carbocycles. The standard InChI is InChI=1S/C17H31N2O9PSi/c1-17(2,3)30(6,7)28-13-12(24-4)14(19-9-8-11(20)18-16(19)21)27-15(13)26-10-29(22,23)25-5/h8-9,12-15H,10H2,1-7H3,(H,22,23)(H,18,20,21)/t12?,13?,14-,15+/m1/s1. The molecule has 1 aliphatic rings. The predicted octanol–water partition coefficient (Wildman–Crippen LogP) is 1.60. The lowest BCUT2D eigenvalue weighted by Gasteiger charge is -2.40. The predicted molar refractivity (Wildman–Crippen MR) is 111 cm³/mol. The lowest BCUT2D eigenvalue weighted by atomic mass is 10.2. The number of aromatic amines is 1. The van der Waals surface area contributed by atoms with Gasteiger partial charge in [-0.25, -0.2) is 4.79 Å². The molecule has 1 aromatic heterocycles. The van der Waals surface area contributed by atoms with Crippen molar-refractivity contribution in [2.24, 2.45) is 0 Å². The van der Waals surface area contributed by atoms with Gasteiger partial charge in [0.05, 0.1) is 0 Å². The van der Waals surface area contributed by atoms with Gasteiger partial charge >= 0.3 is 13.3 Å². The molecule has 2 rings (SSSR count). The highest BCUT2D eigenvalue weighted by molar-refractivity contribution is 7.52. The Morgan fingerprint density at radius 3 is 2.40 bits per heavy atom. The third-order valence-electron chi connectivity index (χ3n) is 5.47. The van der Waals surface area contributed by atoms with Gasteiger partial charge in [0.1, 0.15) is 12.2 Å². The van der Waals surface area contributed by atoms with Crippen molar-refractivity contribution in [2.45, 2.75) is 63.6 Å². The van der Waals surface area contributed by atoms with Crippen molar-refractivity contribution in [3.63, 3.8) is 0 Å². The fraction of sp³-hybridized carbons (Fsp3) is 0.765. The number of nitrogens with zero attached hydrogens (tertiary/aromatic N) is 1. The Labute approximate surface area is 175 Å². The summed E-state index contributed by atoms with van der Waals surface area (Å²) in [5.74, 6) is 0. The number of ether oxygens (including phenoxy) is 3. The second-order valence-corrected chi connectivity index (χ2v) is 15.2. The summed E-state index contributed by atoms with van der Waals surface area (Å²) in [5.41, 5.74) is -1.24. The Balaban J connectivity index is 2.42. The van der Waals surface area contributed by atoms with Crippen LogP contribution in [0.15, 0.2) is 21.9 Å². The van der Waals surface area contributed by atoms with Crippen LogP contribution in [0, 0.1) is 0 Å². The van der Waals surface area contributed by atoms with Gasteiger partial charge in [-0.2, -0.15) is 0 Å². The van der Waals surface area contributed by atoms with Crippen molar-refractivity contribution in [3.8, 4) is 0 Å². The molecule has 1 saturated heterocycles. The van der Waals surface area contributed by atoms with E-state index in [1.165, 1.54) is 19.4 Å². The molecule has 172 valence electrons. The molecule has 1 aliphatic heterocycles. The van der Waals surface area contributed by atoms with E-state index in [1.807, 2.05) is 13.1 Å². The number of hydrogen-bond acceptors (Lipinski definition) is 8. The number of nitrogens with one attached hydrogen (secondary N) is 1.